The van der Waals surface area contributed by atoms with Crippen molar-refractivity contribution >= 4 is 28.2 Å². The van der Waals surface area contributed by atoms with Gasteiger partial charge in [-0.15, -0.1) is 0 Å². The van der Waals surface area contributed by atoms with Crippen LogP contribution in [-0.2, 0) is 0 Å². The van der Waals surface area contributed by atoms with Crippen molar-refractivity contribution in [1.29, 1.82) is 0 Å². The molecular weight excluding hydrogens is 272 g/mol. The van der Waals surface area contributed by atoms with E-state index in [1.165, 1.54) is 11.3 Å². The van der Waals surface area contributed by atoms with Crippen molar-refractivity contribution in [3.05, 3.63) is 4.88 Å². The van der Waals surface area contributed by atoms with E-state index in [2.05, 4.69) is 36.0 Å². The topological polar surface area (TPSA) is 71.2 Å². The van der Waals surface area contributed by atoms with Crippen molar-refractivity contribution in [2.24, 2.45) is 0 Å². The molecule has 1 aromatic rings. The maximum absolute atomic E-state index is 12.2. The highest BCUT2D eigenvalue weighted by atomic mass is 32.1. The Bertz CT molecular complexity index is 429. The van der Waals surface area contributed by atoms with Crippen LogP contribution in [0.1, 0.15) is 56.6 Å². The molecule has 0 radical (unpaired) electrons. The molecule has 0 fully saturated rings. The van der Waals surface area contributed by atoms with Crippen molar-refractivity contribution in [2.75, 3.05) is 23.7 Å². The number of hydrogen-bond acceptors (Lipinski definition) is 5. The average Bonchev–Trinajstić information content (AvgIpc) is 2.80. The van der Waals surface area contributed by atoms with E-state index < -0.39 is 0 Å². The first kappa shape index (κ1) is 16.8. The van der Waals surface area contributed by atoms with Crippen LogP contribution < -0.4 is 16.0 Å². The summed E-state index contributed by atoms with van der Waals surface area (Å²) in [6, 6.07) is 0.167. The van der Waals surface area contributed by atoms with E-state index >= 15 is 0 Å². The number of rotatable bonds is 8. The molecule has 1 amide bonds. The number of nitrogens with zero attached hydrogens (tertiary/aromatic N) is 2. The summed E-state index contributed by atoms with van der Waals surface area (Å²) in [5, 5.41) is 3.81. The predicted molar refractivity (Wildman–Crippen MR) is 86.5 cm³/mol. The van der Waals surface area contributed by atoms with E-state index in [-0.39, 0.29) is 11.9 Å². The van der Waals surface area contributed by atoms with E-state index in [1.54, 1.807) is 0 Å². The summed E-state index contributed by atoms with van der Waals surface area (Å²) in [5.74, 6) is 0.221. The van der Waals surface area contributed by atoms with E-state index in [1.807, 2.05) is 6.92 Å². The molecule has 1 aromatic heterocycles. The van der Waals surface area contributed by atoms with Gasteiger partial charge >= 0.3 is 0 Å². The molecule has 0 saturated heterocycles. The fourth-order valence-electron chi connectivity index (χ4n) is 1.98. The summed E-state index contributed by atoms with van der Waals surface area (Å²) in [6.07, 6.45) is 3.24. The zero-order valence-corrected chi connectivity index (χ0v) is 13.7. The molecule has 0 aliphatic rings. The van der Waals surface area contributed by atoms with E-state index in [0.29, 0.717) is 10.7 Å². The Kier molecular flexibility index (Phi) is 6.78. The van der Waals surface area contributed by atoms with Crippen molar-refractivity contribution in [3.63, 3.8) is 0 Å². The number of hydrogen-bond donors (Lipinski definition) is 2. The first-order chi connectivity index (χ1) is 9.53. The molecule has 114 valence electrons. The third kappa shape index (κ3) is 4.37. The number of nitrogens with two attached hydrogens (primary N) is 1. The number of carbonyl (C=O) groups excluding carboxylic acids is 1. The molecule has 1 rings (SSSR count). The average molecular weight is 298 g/mol. The lowest BCUT2D eigenvalue weighted by Gasteiger charge is -2.16. The lowest BCUT2D eigenvalue weighted by atomic mass is 10.1. The van der Waals surface area contributed by atoms with Gasteiger partial charge in [-0.25, -0.2) is 4.98 Å². The maximum atomic E-state index is 12.2. The van der Waals surface area contributed by atoms with Crippen LogP contribution in [-0.4, -0.2) is 30.0 Å². The van der Waals surface area contributed by atoms with Crippen LogP contribution in [0, 0.1) is 0 Å². The fraction of sp³-hybridized carbons (Fsp3) is 0.714. The largest absolute Gasteiger partial charge is 0.382 e. The van der Waals surface area contributed by atoms with Crippen molar-refractivity contribution < 1.29 is 4.79 Å². The minimum absolute atomic E-state index is 0.109. The Morgan fingerprint density at radius 1 is 1.40 bits per heavy atom. The summed E-state index contributed by atoms with van der Waals surface area (Å²) in [5.41, 5.74) is 5.88. The van der Waals surface area contributed by atoms with E-state index in [9.17, 15) is 4.79 Å². The van der Waals surface area contributed by atoms with Crippen molar-refractivity contribution in [2.45, 2.75) is 53.0 Å². The SMILES string of the molecule is CCCCC(C)NC(=O)c1sc(N(CC)CC)nc1N. The summed E-state index contributed by atoms with van der Waals surface area (Å²) in [7, 11) is 0. The molecule has 3 N–H and O–H groups in total. The molecule has 20 heavy (non-hydrogen) atoms. The second kappa shape index (κ2) is 8.09. The Labute approximate surface area is 125 Å². The standard InChI is InChI=1S/C14H26N4OS/c1-5-8-9-10(4)16-13(19)11-12(15)17-14(20-11)18(6-2)7-3/h10H,5-9,15H2,1-4H3,(H,16,19). The monoisotopic (exact) mass is 298 g/mol. The number of nitrogens with one attached hydrogen (secondary N) is 1. The highest BCUT2D eigenvalue weighted by molar-refractivity contribution is 7.18. The first-order valence-corrected chi connectivity index (χ1v) is 8.17. The number of carbonyl (C=O) groups is 1. The quantitative estimate of drug-likeness (QED) is 0.774. The van der Waals surface area contributed by atoms with Crippen LogP contribution in [0.5, 0.6) is 0 Å². The Balaban J connectivity index is 2.73. The molecule has 1 unspecified atom stereocenters. The number of aromatic nitrogens is 1. The Morgan fingerprint density at radius 3 is 2.60 bits per heavy atom. The van der Waals surface area contributed by atoms with Crippen LogP contribution in [0.3, 0.4) is 0 Å². The summed E-state index contributed by atoms with van der Waals surface area (Å²) < 4.78 is 0. The van der Waals surface area contributed by atoms with Crippen LogP contribution in [0.4, 0.5) is 10.9 Å². The lowest BCUT2D eigenvalue weighted by molar-refractivity contribution is 0.0943. The first-order valence-electron chi connectivity index (χ1n) is 7.35. The molecule has 0 aliphatic carbocycles. The van der Waals surface area contributed by atoms with E-state index in [0.717, 1.165) is 37.5 Å². The highest BCUT2D eigenvalue weighted by Crippen LogP contribution is 2.28. The van der Waals surface area contributed by atoms with Gasteiger partial charge in [0.2, 0.25) is 0 Å². The van der Waals surface area contributed by atoms with Crippen molar-refractivity contribution in [3.8, 4) is 0 Å². The zero-order chi connectivity index (χ0) is 15.1. The highest BCUT2D eigenvalue weighted by Gasteiger charge is 2.19. The summed E-state index contributed by atoms with van der Waals surface area (Å²) in [4.78, 5) is 19.1. The molecule has 0 spiro atoms. The van der Waals surface area contributed by atoms with Crippen LogP contribution in [0.2, 0.25) is 0 Å². The van der Waals surface area contributed by atoms with Gasteiger partial charge in [-0.3, -0.25) is 4.79 Å². The summed E-state index contributed by atoms with van der Waals surface area (Å²) >= 11 is 1.37. The number of unbranched alkanes of at least 4 members (excludes halogenated alkanes) is 1. The normalized spacial score (nSPS) is 12.2. The Morgan fingerprint density at radius 2 is 2.05 bits per heavy atom. The van der Waals surface area contributed by atoms with Gasteiger partial charge in [0.15, 0.2) is 5.13 Å². The van der Waals surface area contributed by atoms with E-state index in [4.69, 9.17) is 5.73 Å². The number of thiazole rings is 1. The van der Waals surface area contributed by atoms with Gasteiger partial charge in [-0.05, 0) is 27.2 Å². The second-order valence-corrected chi connectivity index (χ2v) is 5.88. The van der Waals surface area contributed by atoms with Crippen molar-refractivity contribution in [1.82, 2.24) is 10.3 Å². The Hall–Kier alpha value is -1.30. The van der Waals surface area contributed by atoms with Gasteiger partial charge in [0.1, 0.15) is 10.7 Å². The third-order valence-corrected chi connectivity index (χ3v) is 4.38. The van der Waals surface area contributed by atoms with Crippen LogP contribution >= 0.6 is 11.3 Å². The van der Waals surface area contributed by atoms with Gasteiger partial charge in [0.05, 0.1) is 0 Å². The smallest absolute Gasteiger partial charge is 0.265 e. The van der Waals surface area contributed by atoms with Gasteiger partial charge in [-0.2, -0.15) is 0 Å². The van der Waals surface area contributed by atoms with Gasteiger partial charge in [0, 0.05) is 19.1 Å². The molecular formula is C14H26N4OS. The minimum Gasteiger partial charge on any atom is -0.382 e. The molecule has 0 aliphatic heterocycles. The maximum Gasteiger partial charge on any atom is 0.265 e. The minimum atomic E-state index is -0.109. The van der Waals surface area contributed by atoms with Gasteiger partial charge < -0.3 is 16.0 Å². The number of nitrogen functional groups attached to an aromatic ring is 1. The molecule has 0 bridgehead atoms. The lowest BCUT2D eigenvalue weighted by Crippen LogP contribution is -2.32. The second-order valence-electron chi connectivity index (χ2n) is 4.90. The molecule has 1 heterocycles. The fourth-order valence-corrected chi connectivity index (χ4v) is 3.00. The molecule has 5 nitrogen and oxygen atoms in total. The predicted octanol–water partition coefficient (Wildman–Crippen LogP) is 2.88. The van der Waals surface area contributed by atoms with Crippen LogP contribution in [0.25, 0.3) is 0 Å². The molecule has 0 saturated carbocycles. The van der Waals surface area contributed by atoms with Crippen LogP contribution in [0.15, 0.2) is 0 Å². The number of amides is 1. The van der Waals surface area contributed by atoms with Gasteiger partial charge in [-0.1, -0.05) is 31.1 Å². The molecule has 0 aromatic carbocycles. The third-order valence-electron chi connectivity index (χ3n) is 3.25. The zero-order valence-electron chi connectivity index (χ0n) is 12.9. The molecule has 1 atom stereocenters. The van der Waals surface area contributed by atoms with Gasteiger partial charge in [0.25, 0.3) is 5.91 Å². The molecule has 6 heteroatoms. The number of anilines is 2. The summed E-state index contributed by atoms with van der Waals surface area (Å²) in [6.45, 7) is 10.0.